The van der Waals surface area contributed by atoms with Crippen molar-refractivity contribution in [1.29, 1.82) is 0 Å². The normalized spacial score (nSPS) is 22.2. The number of amides is 12. The molecule has 0 spiro atoms. The van der Waals surface area contributed by atoms with E-state index >= 15 is 0 Å². The molecule has 1 fully saturated rings. The minimum atomic E-state index is -1.85. The third kappa shape index (κ3) is 25.7. The summed E-state index contributed by atoms with van der Waals surface area (Å²) in [6.45, 7) is 5.48. The predicted molar refractivity (Wildman–Crippen MR) is 326 cm³/mol. The van der Waals surface area contributed by atoms with Gasteiger partial charge in [-0.15, -0.1) is 0 Å². The fourth-order valence-corrected chi connectivity index (χ4v) is 9.50. The van der Waals surface area contributed by atoms with Gasteiger partial charge >= 0.3 is 0 Å². The number of aliphatic hydroxyl groups excluding tert-OH is 2. The number of benzene rings is 2. The molecule has 0 saturated carbocycles. The average Bonchev–Trinajstić information content (AvgIpc) is 1.55. The molecule has 0 unspecified atom stereocenters. The summed E-state index contributed by atoms with van der Waals surface area (Å²) in [5.74, 6) is -12.2. The Bertz CT molecular complexity index is 2750. The minimum absolute atomic E-state index is 0.0240. The van der Waals surface area contributed by atoms with Gasteiger partial charge in [-0.2, -0.15) is 0 Å². The summed E-state index contributed by atoms with van der Waals surface area (Å²) >= 11 is 0. The Morgan fingerprint density at radius 1 is 0.544 bits per heavy atom. The van der Waals surface area contributed by atoms with E-state index in [1.54, 1.807) is 44.2 Å². The van der Waals surface area contributed by atoms with Crippen molar-refractivity contribution < 1.29 is 72.1 Å². The standard InChI is InChI=1S/C58H92FN17O14/c1-30(2)26-43-54(86)69-37(14-20-60)48(80)68-40(17-23-63)52(84)75-46(31(3)77)57(89)65-25-19-42(51(83)67-38(15-21-61)50(82)74-45(56(88)73-43)28-34-10-7-6-8-11-34)71-49(81)39(16-22-62)72-58(90)47(32(4)78)76-53(85)41(18-24-64)70-55(87)44(66-33(5)79)29-35-12-9-13-36(59)27-35/h6-13,27,30-32,37-47,77-78H,14-26,28-29,60-64H2,1-5H3,(H,65,89)(H,66,79)(H,67,83)(H,68,80)(H,69,86)(H,70,87)(H,71,81)(H,72,90)(H,73,88)(H,74,82)(H,75,84)(H,76,85)/t31-,32+,37+,38-,39+,40+,41+,42+,43+,44-,45-,46+,47+/m1/s1. The van der Waals surface area contributed by atoms with Crippen molar-refractivity contribution in [2.45, 2.75) is 171 Å². The second kappa shape index (κ2) is 39.0. The van der Waals surface area contributed by atoms with Gasteiger partial charge < -0.3 is 103 Å². The maximum Gasteiger partial charge on any atom is 0.245 e. The van der Waals surface area contributed by atoms with Crippen LogP contribution in [0.5, 0.6) is 0 Å². The summed E-state index contributed by atoms with van der Waals surface area (Å²) in [4.78, 5) is 167. The number of nitrogens with one attached hydrogen (secondary N) is 12. The van der Waals surface area contributed by atoms with Gasteiger partial charge in [0, 0.05) is 26.3 Å². The molecule has 1 aliphatic heterocycles. The van der Waals surface area contributed by atoms with Crippen molar-refractivity contribution in [1.82, 2.24) is 63.8 Å². The van der Waals surface area contributed by atoms with Crippen LogP contribution in [-0.2, 0) is 70.4 Å². The van der Waals surface area contributed by atoms with E-state index < -0.39 is 168 Å². The second-order valence-corrected chi connectivity index (χ2v) is 22.3. The molecule has 1 saturated heterocycles. The van der Waals surface area contributed by atoms with E-state index in [9.17, 15) is 72.1 Å². The molecular weight excluding hydrogens is 1180 g/mol. The molecule has 0 radical (unpaired) electrons. The molecule has 2 aromatic rings. The molecule has 24 N–H and O–H groups in total. The fourth-order valence-electron chi connectivity index (χ4n) is 9.50. The maximum absolute atomic E-state index is 14.6. The Morgan fingerprint density at radius 3 is 1.53 bits per heavy atom. The van der Waals surface area contributed by atoms with Crippen molar-refractivity contribution in [3.05, 3.63) is 71.5 Å². The average molecular weight is 1270 g/mol. The summed E-state index contributed by atoms with van der Waals surface area (Å²) in [6.07, 6.45) is -5.29. The first-order valence-electron chi connectivity index (χ1n) is 29.9. The van der Waals surface area contributed by atoms with E-state index in [0.717, 1.165) is 19.9 Å². The summed E-state index contributed by atoms with van der Waals surface area (Å²) in [5, 5.41) is 51.8. The minimum Gasteiger partial charge on any atom is -0.391 e. The molecular formula is C58H92FN17O14. The van der Waals surface area contributed by atoms with Gasteiger partial charge in [0.1, 0.15) is 72.3 Å². The first-order valence-corrected chi connectivity index (χ1v) is 29.9. The highest BCUT2D eigenvalue weighted by atomic mass is 19.1. The number of nitrogens with two attached hydrogens (primary N) is 5. The number of aliphatic hydroxyl groups is 2. The smallest absolute Gasteiger partial charge is 0.245 e. The van der Waals surface area contributed by atoms with Gasteiger partial charge in [-0.25, -0.2) is 4.39 Å². The Hall–Kier alpha value is -8.27. The lowest BCUT2D eigenvalue weighted by molar-refractivity contribution is -0.137. The van der Waals surface area contributed by atoms with Gasteiger partial charge in [0.15, 0.2) is 0 Å². The Labute approximate surface area is 521 Å². The van der Waals surface area contributed by atoms with Gasteiger partial charge in [-0.1, -0.05) is 56.3 Å². The highest BCUT2D eigenvalue weighted by Crippen LogP contribution is 2.13. The molecule has 3 rings (SSSR count). The quantitative estimate of drug-likeness (QED) is 0.0395. The Kier molecular flexibility index (Phi) is 32.9. The van der Waals surface area contributed by atoms with E-state index in [1.807, 2.05) is 0 Å². The lowest BCUT2D eigenvalue weighted by atomic mass is 10.00. The van der Waals surface area contributed by atoms with Crippen LogP contribution >= 0.6 is 0 Å². The molecule has 0 aliphatic carbocycles. The topological polar surface area (TPSA) is 520 Å². The van der Waals surface area contributed by atoms with E-state index in [2.05, 4.69) is 63.8 Å². The van der Waals surface area contributed by atoms with Crippen LogP contribution < -0.4 is 92.5 Å². The molecule has 13 atom stereocenters. The first kappa shape index (κ1) is 76.0. The third-order valence-corrected chi connectivity index (χ3v) is 14.2. The third-order valence-electron chi connectivity index (χ3n) is 14.2. The van der Waals surface area contributed by atoms with Crippen molar-refractivity contribution in [2.75, 3.05) is 39.3 Å². The number of hydrogen-bond acceptors (Lipinski definition) is 19. The summed E-state index contributed by atoms with van der Waals surface area (Å²) in [5.41, 5.74) is 30.3. The molecule has 31 nitrogen and oxygen atoms in total. The molecule has 1 heterocycles. The Morgan fingerprint density at radius 2 is 1.02 bits per heavy atom. The van der Waals surface area contributed by atoms with Crippen LogP contribution in [0.2, 0.25) is 0 Å². The fraction of sp³-hybridized carbons (Fsp3) is 0.586. The summed E-state index contributed by atoms with van der Waals surface area (Å²) in [6, 6.07) is -3.14. The lowest BCUT2D eigenvalue weighted by Crippen LogP contribution is -2.62. The summed E-state index contributed by atoms with van der Waals surface area (Å²) < 4.78 is 14.0. The van der Waals surface area contributed by atoms with Crippen LogP contribution in [0.3, 0.4) is 0 Å². The van der Waals surface area contributed by atoms with Gasteiger partial charge in [0.2, 0.25) is 70.9 Å². The molecule has 0 aromatic heterocycles. The SMILES string of the molecule is CC(=O)N[C@H](Cc1cccc(F)c1)C(=O)N[C@@H](CCN)C(=O)N[C@H](C(=O)N[C@@H](CCN)C(=O)N[C@H]1CCNC(=O)[C@H]([C@@H](C)O)NC(=O)[C@H](CCN)NC(=O)[C@H](CCN)NC(=O)[C@H](CC(C)C)NC(=O)[C@@H](Cc2ccccc2)NC(=O)[C@@H](CCN)NC1=O)[C@H](C)O. The van der Waals surface area contributed by atoms with Gasteiger partial charge in [0.25, 0.3) is 0 Å². The van der Waals surface area contributed by atoms with Crippen molar-refractivity contribution in [3.8, 4) is 0 Å². The highest BCUT2D eigenvalue weighted by Gasteiger charge is 2.38. The van der Waals surface area contributed by atoms with Gasteiger partial charge in [-0.3, -0.25) is 57.5 Å². The van der Waals surface area contributed by atoms with Crippen LogP contribution in [-0.4, -0.2) is 199 Å². The molecule has 0 bridgehead atoms. The van der Waals surface area contributed by atoms with Crippen LogP contribution in [0, 0.1) is 11.7 Å². The van der Waals surface area contributed by atoms with E-state index in [0.29, 0.717) is 11.1 Å². The zero-order valence-corrected chi connectivity index (χ0v) is 51.4. The van der Waals surface area contributed by atoms with E-state index in [4.69, 9.17) is 28.7 Å². The van der Waals surface area contributed by atoms with E-state index in [-0.39, 0.29) is 90.0 Å². The number of rotatable bonds is 27. The van der Waals surface area contributed by atoms with Crippen molar-refractivity contribution in [2.24, 2.45) is 34.6 Å². The number of carbonyl (C=O) groups excluding carboxylic acids is 12. The zero-order chi connectivity index (χ0) is 67.2. The molecule has 90 heavy (non-hydrogen) atoms. The molecule has 12 amide bonds. The molecule has 2 aromatic carbocycles. The maximum atomic E-state index is 14.6. The Balaban J connectivity index is 2.08. The van der Waals surface area contributed by atoms with Crippen LogP contribution in [0.15, 0.2) is 54.6 Å². The monoisotopic (exact) mass is 1270 g/mol. The van der Waals surface area contributed by atoms with Gasteiger partial charge in [0.05, 0.1) is 12.2 Å². The largest absolute Gasteiger partial charge is 0.391 e. The molecule has 1 aliphatic rings. The van der Waals surface area contributed by atoms with Crippen LogP contribution in [0.1, 0.15) is 90.7 Å². The van der Waals surface area contributed by atoms with Crippen LogP contribution in [0.25, 0.3) is 0 Å². The first-order chi connectivity index (χ1) is 42.7. The zero-order valence-electron chi connectivity index (χ0n) is 51.4. The van der Waals surface area contributed by atoms with Crippen LogP contribution in [0.4, 0.5) is 4.39 Å². The number of hydrogen-bond donors (Lipinski definition) is 19. The number of halogens is 1. The van der Waals surface area contributed by atoms with Gasteiger partial charge in [-0.05, 0) is 121 Å². The molecule has 32 heteroatoms. The van der Waals surface area contributed by atoms with Crippen molar-refractivity contribution in [3.63, 3.8) is 0 Å². The second-order valence-electron chi connectivity index (χ2n) is 22.3. The van der Waals surface area contributed by atoms with Crippen molar-refractivity contribution >= 4 is 70.9 Å². The molecule has 500 valence electrons. The number of carbonyl (C=O) groups is 12. The lowest BCUT2D eigenvalue weighted by Gasteiger charge is -2.29. The predicted octanol–water partition coefficient (Wildman–Crippen LogP) is -6.96. The highest BCUT2D eigenvalue weighted by molar-refractivity contribution is 5.99. The van der Waals surface area contributed by atoms with E-state index in [1.165, 1.54) is 25.1 Å². The summed E-state index contributed by atoms with van der Waals surface area (Å²) in [7, 11) is 0.